The number of carbonyl (C=O) groups is 1. The zero-order chi connectivity index (χ0) is 26.7. The quantitative estimate of drug-likeness (QED) is 0.268. The third-order valence-corrected chi connectivity index (χ3v) is 6.50. The van der Waals surface area contributed by atoms with Gasteiger partial charge >= 0.3 is 11.7 Å². The van der Waals surface area contributed by atoms with E-state index in [0.29, 0.717) is 40.6 Å². The fourth-order valence-electron chi connectivity index (χ4n) is 3.92. The van der Waals surface area contributed by atoms with Gasteiger partial charge in [-0.25, -0.2) is 9.79 Å². The maximum Gasteiger partial charge on any atom is 0.337 e. The minimum atomic E-state index is -0.866. The van der Waals surface area contributed by atoms with Crippen molar-refractivity contribution in [1.82, 2.24) is 4.57 Å². The summed E-state index contributed by atoms with van der Waals surface area (Å²) in [5, 5.41) is 20.9. The number of phenols is 1. The number of aromatic nitrogens is 1. The van der Waals surface area contributed by atoms with Crippen LogP contribution in [0.3, 0.4) is 0 Å². The van der Waals surface area contributed by atoms with E-state index in [0.717, 1.165) is 11.3 Å². The number of nitrogens with zero attached hydrogens (tertiary/aromatic N) is 3. The zero-order valence-electron chi connectivity index (χ0n) is 20.2. The number of carbonyl (C=O) groups excluding carboxylic acids is 1. The largest absolute Gasteiger partial charge is 0.502 e. The van der Waals surface area contributed by atoms with Gasteiger partial charge in [0.2, 0.25) is 0 Å². The number of benzene rings is 2. The predicted molar refractivity (Wildman–Crippen MR) is 135 cm³/mol. The zero-order valence-corrected chi connectivity index (χ0v) is 21.0. The van der Waals surface area contributed by atoms with Gasteiger partial charge in [0.05, 0.1) is 41.4 Å². The predicted octanol–water partition coefficient (Wildman–Crippen LogP) is 2.43. The Bertz CT molecular complexity index is 1590. The van der Waals surface area contributed by atoms with E-state index < -0.39 is 33.9 Å². The molecule has 0 bridgehead atoms. The Morgan fingerprint density at radius 2 is 1.92 bits per heavy atom. The van der Waals surface area contributed by atoms with Crippen molar-refractivity contribution in [2.45, 2.75) is 19.9 Å². The summed E-state index contributed by atoms with van der Waals surface area (Å²) in [6.07, 6.45) is 2.84. The number of fused-ring (bicyclic) bond motifs is 1. The fourth-order valence-corrected chi connectivity index (χ4v) is 4.88. The molecule has 1 atom stereocenters. The second-order valence-corrected chi connectivity index (χ2v) is 8.76. The number of esters is 1. The number of phenolic OH excluding ortho intramolecular Hbond substituents is 1. The smallest absolute Gasteiger partial charge is 0.337 e. The maximum absolute atomic E-state index is 13.6. The molecule has 1 aliphatic heterocycles. The fraction of sp³-hybridized carbons (Fsp3) is 0.240. The number of thiazole rings is 1. The lowest BCUT2D eigenvalue weighted by molar-refractivity contribution is -0.385. The number of hydrogen-bond acceptors (Lipinski definition) is 10. The molecule has 3 aromatic rings. The second kappa shape index (κ2) is 10.7. The first kappa shape index (κ1) is 25.6. The van der Waals surface area contributed by atoms with E-state index in [1.165, 1.54) is 42.2 Å². The highest BCUT2D eigenvalue weighted by Crippen LogP contribution is 2.35. The van der Waals surface area contributed by atoms with Crippen molar-refractivity contribution in [1.29, 1.82) is 0 Å². The lowest BCUT2D eigenvalue weighted by atomic mass is 9.97. The van der Waals surface area contributed by atoms with Crippen molar-refractivity contribution in [3.8, 4) is 17.2 Å². The third-order valence-electron chi connectivity index (χ3n) is 5.50. The summed E-state index contributed by atoms with van der Waals surface area (Å²) in [4.78, 5) is 41.4. The molecule has 1 N–H and O–H groups in total. The van der Waals surface area contributed by atoms with Crippen LogP contribution >= 0.6 is 11.3 Å². The van der Waals surface area contributed by atoms with E-state index in [1.807, 2.05) is 13.8 Å². The van der Waals surface area contributed by atoms with Gasteiger partial charge in [-0.2, -0.15) is 0 Å². The first-order valence-corrected chi connectivity index (χ1v) is 12.1. The molecule has 1 aromatic heterocycles. The Kier molecular flexibility index (Phi) is 7.39. The monoisotopic (exact) mass is 525 g/mol. The van der Waals surface area contributed by atoms with Gasteiger partial charge < -0.3 is 19.3 Å². The average Bonchev–Trinajstić information content (AvgIpc) is 3.20. The van der Waals surface area contributed by atoms with Crippen LogP contribution in [-0.4, -0.2) is 40.9 Å². The number of rotatable bonds is 8. The van der Waals surface area contributed by atoms with E-state index in [4.69, 9.17) is 14.2 Å². The molecule has 0 fully saturated rings. The van der Waals surface area contributed by atoms with Gasteiger partial charge in [0, 0.05) is 12.3 Å². The van der Waals surface area contributed by atoms with Crippen LogP contribution < -0.4 is 24.4 Å². The van der Waals surface area contributed by atoms with Crippen molar-refractivity contribution in [3.05, 3.63) is 89.1 Å². The highest BCUT2D eigenvalue weighted by Gasteiger charge is 2.31. The summed E-state index contributed by atoms with van der Waals surface area (Å²) in [5.74, 6) is -0.143. The normalized spacial score (nSPS) is 14.8. The van der Waals surface area contributed by atoms with Crippen molar-refractivity contribution in [3.63, 3.8) is 0 Å². The summed E-state index contributed by atoms with van der Waals surface area (Å²) < 4.78 is 17.9. The number of aromatic hydroxyl groups is 1. The first-order valence-electron chi connectivity index (χ1n) is 11.2. The molecule has 4 rings (SSSR count). The van der Waals surface area contributed by atoms with Gasteiger partial charge in [0.1, 0.15) is 0 Å². The van der Waals surface area contributed by atoms with Crippen LogP contribution in [0.15, 0.2) is 58.0 Å². The average molecular weight is 526 g/mol. The lowest BCUT2D eigenvalue weighted by Crippen LogP contribution is -2.39. The Labute approximate surface area is 214 Å². The molecule has 0 aliphatic carbocycles. The van der Waals surface area contributed by atoms with E-state index >= 15 is 0 Å². The molecule has 11 nitrogen and oxygen atoms in total. The van der Waals surface area contributed by atoms with Crippen LogP contribution in [0.1, 0.15) is 31.0 Å². The molecule has 0 saturated carbocycles. The van der Waals surface area contributed by atoms with Crippen LogP contribution in [0.5, 0.6) is 17.2 Å². The van der Waals surface area contributed by atoms with Gasteiger partial charge in [-0.15, -0.1) is 0 Å². The van der Waals surface area contributed by atoms with Crippen molar-refractivity contribution in [2.75, 3.05) is 20.3 Å². The van der Waals surface area contributed by atoms with E-state index in [1.54, 1.807) is 18.2 Å². The summed E-state index contributed by atoms with van der Waals surface area (Å²) >= 11 is 1.06. The molecule has 0 amide bonds. The standard InChI is InChI=1S/C25H23N3O8S/c1-4-35-19-9-7-15(12-20(19)36-5-2)22-16(24(31)34-3)13-26-25-27(22)23(30)21(37-25)11-14-6-8-18(29)17(10-14)28(32)33/h6-13,22,29H,4-5H2,1-3H3/b21-11-/t22-/m0/s1. The molecule has 192 valence electrons. The molecule has 12 heteroatoms. The van der Waals surface area contributed by atoms with Crippen LogP contribution in [0.25, 0.3) is 6.08 Å². The number of ether oxygens (including phenoxy) is 3. The number of methoxy groups -OCH3 is 1. The highest BCUT2D eigenvalue weighted by molar-refractivity contribution is 7.07. The molecular formula is C25H23N3O8S. The SMILES string of the molecule is CCOc1ccc([C@H]2C(C(=O)OC)=CN=c3s/c(=C\c4ccc(O)c([N+](=O)[O-])c4)c(=O)n32)cc1OCC. The van der Waals surface area contributed by atoms with E-state index in [2.05, 4.69) is 4.99 Å². The molecule has 2 heterocycles. The lowest BCUT2D eigenvalue weighted by Gasteiger charge is -2.23. The van der Waals surface area contributed by atoms with Gasteiger partial charge in [-0.3, -0.25) is 19.5 Å². The molecule has 37 heavy (non-hydrogen) atoms. The van der Waals surface area contributed by atoms with Crippen LogP contribution in [-0.2, 0) is 9.53 Å². The molecule has 1 aliphatic rings. The molecule has 0 unspecified atom stereocenters. The highest BCUT2D eigenvalue weighted by atomic mass is 32.1. The van der Waals surface area contributed by atoms with Crippen molar-refractivity contribution in [2.24, 2.45) is 4.99 Å². The van der Waals surface area contributed by atoms with Gasteiger partial charge in [0.15, 0.2) is 22.0 Å². The van der Waals surface area contributed by atoms with Gasteiger partial charge in [-0.05, 0) is 49.2 Å². The summed E-state index contributed by atoms with van der Waals surface area (Å²) in [6, 6.07) is 8.11. The minimum absolute atomic E-state index is 0.147. The van der Waals surface area contributed by atoms with Gasteiger partial charge in [-0.1, -0.05) is 23.5 Å². The van der Waals surface area contributed by atoms with E-state index in [9.17, 15) is 24.8 Å². The number of nitro benzene ring substituents is 1. The number of nitro groups is 1. The molecule has 0 saturated heterocycles. The molecule has 2 aromatic carbocycles. The third kappa shape index (κ3) is 4.96. The minimum Gasteiger partial charge on any atom is -0.502 e. The Morgan fingerprint density at radius 3 is 2.59 bits per heavy atom. The topological polar surface area (TPSA) is 142 Å². The summed E-state index contributed by atoms with van der Waals surface area (Å²) in [5.41, 5.74) is 0.133. The molecule has 0 spiro atoms. The van der Waals surface area contributed by atoms with E-state index in [-0.39, 0.29) is 10.1 Å². The van der Waals surface area contributed by atoms with Crippen LogP contribution in [0, 0.1) is 10.1 Å². The Morgan fingerprint density at radius 1 is 1.19 bits per heavy atom. The second-order valence-electron chi connectivity index (χ2n) is 7.75. The summed E-state index contributed by atoms with van der Waals surface area (Å²) in [7, 11) is 1.24. The van der Waals surface area contributed by atoms with Crippen LogP contribution in [0.4, 0.5) is 5.69 Å². The first-order chi connectivity index (χ1) is 17.8. The van der Waals surface area contributed by atoms with Crippen molar-refractivity contribution < 1.29 is 29.0 Å². The maximum atomic E-state index is 13.6. The Balaban J connectivity index is 1.90. The van der Waals surface area contributed by atoms with Crippen molar-refractivity contribution >= 4 is 29.1 Å². The Hall–Kier alpha value is -4.45. The van der Waals surface area contributed by atoms with Crippen LogP contribution in [0.2, 0.25) is 0 Å². The van der Waals surface area contributed by atoms with Gasteiger partial charge in [0.25, 0.3) is 5.56 Å². The number of hydrogen-bond donors (Lipinski definition) is 1. The summed E-state index contributed by atoms with van der Waals surface area (Å²) in [6.45, 7) is 4.49. The molecule has 0 radical (unpaired) electrons. The molecular weight excluding hydrogens is 502 g/mol.